The molecule has 0 saturated heterocycles. The molecular weight excluding hydrogens is 347 g/mol. The van der Waals surface area contributed by atoms with Crippen molar-refractivity contribution in [3.8, 4) is 0 Å². The van der Waals surface area contributed by atoms with Crippen LogP contribution in [0.4, 0.5) is 15.8 Å². The molecule has 6 heteroatoms. The van der Waals surface area contributed by atoms with E-state index in [1.807, 2.05) is 0 Å². The zero-order valence-corrected chi connectivity index (χ0v) is 12.6. The molecule has 0 bridgehead atoms. The number of amides is 1. The standard InChI is InChI=1S/C14H11BrClFN2O/c15-12-7-10(4-5-13(12)17)18-8-14(20)19-11-3-1-2-9(16)6-11/h1-7,18H,8H2,(H,19,20). The van der Waals surface area contributed by atoms with Gasteiger partial charge in [-0.25, -0.2) is 4.39 Å². The van der Waals surface area contributed by atoms with Gasteiger partial charge in [-0.15, -0.1) is 0 Å². The summed E-state index contributed by atoms with van der Waals surface area (Å²) in [5.41, 5.74) is 1.28. The molecule has 0 saturated carbocycles. The highest BCUT2D eigenvalue weighted by atomic mass is 79.9. The SMILES string of the molecule is O=C(CNc1ccc(F)c(Br)c1)Nc1cccc(Cl)c1. The van der Waals surface area contributed by atoms with Gasteiger partial charge >= 0.3 is 0 Å². The van der Waals surface area contributed by atoms with Gasteiger partial charge in [0.15, 0.2) is 0 Å². The predicted molar refractivity (Wildman–Crippen MR) is 82.7 cm³/mol. The van der Waals surface area contributed by atoms with Crippen molar-refractivity contribution in [2.45, 2.75) is 0 Å². The fourth-order valence-corrected chi connectivity index (χ4v) is 2.13. The van der Waals surface area contributed by atoms with Crippen molar-refractivity contribution in [2.75, 3.05) is 17.2 Å². The maximum atomic E-state index is 13.1. The monoisotopic (exact) mass is 356 g/mol. The average Bonchev–Trinajstić information content (AvgIpc) is 2.40. The Hall–Kier alpha value is -1.59. The van der Waals surface area contributed by atoms with Gasteiger partial charge in [0.2, 0.25) is 5.91 Å². The fraction of sp³-hybridized carbons (Fsp3) is 0.0714. The number of anilines is 2. The molecule has 2 aromatic carbocycles. The first-order chi connectivity index (χ1) is 9.54. The Labute approximate surface area is 129 Å². The normalized spacial score (nSPS) is 10.2. The van der Waals surface area contributed by atoms with Crippen molar-refractivity contribution in [2.24, 2.45) is 0 Å². The zero-order chi connectivity index (χ0) is 14.5. The van der Waals surface area contributed by atoms with Gasteiger partial charge in [-0.1, -0.05) is 17.7 Å². The highest BCUT2D eigenvalue weighted by molar-refractivity contribution is 9.10. The van der Waals surface area contributed by atoms with E-state index in [4.69, 9.17) is 11.6 Å². The Morgan fingerprint density at radius 1 is 1.20 bits per heavy atom. The molecule has 3 nitrogen and oxygen atoms in total. The number of carbonyl (C=O) groups is 1. The van der Waals surface area contributed by atoms with Crippen LogP contribution in [0.25, 0.3) is 0 Å². The van der Waals surface area contributed by atoms with Gasteiger partial charge in [0.05, 0.1) is 11.0 Å². The molecule has 20 heavy (non-hydrogen) atoms. The van der Waals surface area contributed by atoms with Crippen molar-refractivity contribution < 1.29 is 9.18 Å². The van der Waals surface area contributed by atoms with Gasteiger partial charge in [-0.05, 0) is 52.3 Å². The molecule has 0 aliphatic heterocycles. The summed E-state index contributed by atoms with van der Waals surface area (Å²) < 4.78 is 13.4. The molecular formula is C14H11BrClFN2O. The van der Waals surface area contributed by atoms with Crippen LogP contribution in [0.1, 0.15) is 0 Å². The molecule has 2 N–H and O–H groups in total. The third-order valence-electron chi connectivity index (χ3n) is 2.48. The Morgan fingerprint density at radius 3 is 2.70 bits per heavy atom. The third-order valence-corrected chi connectivity index (χ3v) is 3.32. The highest BCUT2D eigenvalue weighted by Gasteiger charge is 2.04. The smallest absolute Gasteiger partial charge is 0.243 e. The number of nitrogens with one attached hydrogen (secondary N) is 2. The minimum absolute atomic E-state index is 0.0740. The van der Waals surface area contributed by atoms with Crippen molar-refractivity contribution >= 4 is 44.8 Å². The van der Waals surface area contributed by atoms with Crippen LogP contribution in [-0.4, -0.2) is 12.5 Å². The maximum Gasteiger partial charge on any atom is 0.243 e. The number of hydrogen-bond donors (Lipinski definition) is 2. The molecule has 0 aliphatic carbocycles. The van der Waals surface area contributed by atoms with Crippen LogP contribution in [0.3, 0.4) is 0 Å². The molecule has 104 valence electrons. The summed E-state index contributed by atoms with van der Waals surface area (Å²) >= 11 is 8.91. The largest absolute Gasteiger partial charge is 0.376 e. The lowest BCUT2D eigenvalue weighted by Crippen LogP contribution is -2.21. The summed E-state index contributed by atoms with van der Waals surface area (Å²) in [6.45, 7) is 0.0740. The van der Waals surface area contributed by atoms with E-state index in [1.165, 1.54) is 6.07 Å². The second-order valence-electron chi connectivity index (χ2n) is 4.04. The summed E-state index contributed by atoms with van der Waals surface area (Å²) in [5, 5.41) is 6.17. The molecule has 0 spiro atoms. The van der Waals surface area contributed by atoms with Gasteiger partial charge in [-0.2, -0.15) is 0 Å². The molecule has 0 heterocycles. The topological polar surface area (TPSA) is 41.1 Å². The van der Waals surface area contributed by atoms with Crippen LogP contribution in [-0.2, 0) is 4.79 Å². The van der Waals surface area contributed by atoms with Crippen molar-refractivity contribution in [3.05, 3.63) is 57.8 Å². The molecule has 1 amide bonds. The van der Waals surface area contributed by atoms with Crippen LogP contribution in [0.5, 0.6) is 0 Å². The third kappa shape index (κ3) is 4.21. The zero-order valence-electron chi connectivity index (χ0n) is 10.3. The van der Waals surface area contributed by atoms with E-state index in [1.54, 1.807) is 36.4 Å². The van der Waals surface area contributed by atoms with Gasteiger partial charge in [0.25, 0.3) is 0 Å². The summed E-state index contributed by atoms with van der Waals surface area (Å²) in [4.78, 5) is 11.7. The second-order valence-corrected chi connectivity index (χ2v) is 5.33. The maximum absolute atomic E-state index is 13.1. The number of rotatable bonds is 4. The number of benzene rings is 2. The van der Waals surface area contributed by atoms with Crippen molar-refractivity contribution in [1.82, 2.24) is 0 Å². The molecule has 0 aromatic heterocycles. The number of hydrogen-bond acceptors (Lipinski definition) is 2. The second kappa shape index (κ2) is 6.72. The average molecular weight is 358 g/mol. The summed E-state index contributed by atoms with van der Waals surface area (Å²) in [6.07, 6.45) is 0. The molecule has 0 atom stereocenters. The minimum Gasteiger partial charge on any atom is -0.376 e. The van der Waals surface area contributed by atoms with Crippen LogP contribution in [0.2, 0.25) is 5.02 Å². The summed E-state index contributed by atoms with van der Waals surface area (Å²) in [5.74, 6) is -0.563. The van der Waals surface area contributed by atoms with Crippen LogP contribution >= 0.6 is 27.5 Å². The molecule has 0 radical (unpaired) electrons. The molecule has 2 rings (SSSR count). The van der Waals surface area contributed by atoms with E-state index >= 15 is 0 Å². The van der Waals surface area contributed by atoms with Gasteiger partial charge in [-0.3, -0.25) is 4.79 Å². The lowest BCUT2D eigenvalue weighted by molar-refractivity contribution is -0.114. The predicted octanol–water partition coefficient (Wildman–Crippen LogP) is 4.29. The lowest BCUT2D eigenvalue weighted by Gasteiger charge is -2.08. The van der Waals surface area contributed by atoms with Crippen LogP contribution in [0.15, 0.2) is 46.9 Å². The summed E-state index contributed by atoms with van der Waals surface area (Å²) in [7, 11) is 0. The Balaban J connectivity index is 1.90. The fourth-order valence-electron chi connectivity index (χ4n) is 1.56. The van der Waals surface area contributed by atoms with Gasteiger partial charge in [0.1, 0.15) is 5.82 Å². The lowest BCUT2D eigenvalue weighted by atomic mass is 10.3. The van der Waals surface area contributed by atoms with E-state index < -0.39 is 0 Å². The Kier molecular flexibility index (Phi) is 4.98. The van der Waals surface area contributed by atoms with E-state index in [0.717, 1.165) is 0 Å². The summed E-state index contributed by atoms with van der Waals surface area (Å²) in [6, 6.07) is 11.3. The first kappa shape index (κ1) is 14.8. The van der Waals surface area contributed by atoms with E-state index in [2.05, 4.69) is 26.6 Å². The Bertz CT molecular complexity index is 636. The first-order valence-corrected chi connectivity index (χ1v) is 6.96. The minimum atomic E-state index is -0.348. The van der Waals surface area contributed by atoms with E-state index in [9.17, 15) is 9.18 Å². The quantitative estimate of drug-likeness (QED) is 0.857. The highest BCUT2D eigenvalue weighted by Crippen LogP contribution is 2.20. The van der Waals surface area contributed by atoms with Gasteiger partial charge in [0, 0.05) is 16.4 Å². The Morgan fingerprint density at radius 2 is 2.00 bits per heavy atom. The number of carbonyl (C=O) groups excluding carboxylic acids is 1. The molecule has 0 aliphatic rings. The molecule has 0 unspecified atom stereocenters. The molecule has 0 fully saturated rings. The van der Waals surface area contributed by atoms with Crippen molar-refractivity contribution in [1.29, 1.82) is 0 Å². The molecule has 2 aromatic rings. The van der Waals surface area contributed by atoms with E-state index in [-0.39, 0.29) is 18.3 Å². The van der Waals surface area contributed by atoms with E-state index in [0.29, 0.717) is 20.9 Å². The number of halogens is 3. The van der Waals surface area contributed by atoms with Gasteiger partial charge < -0.3 is 10.6 Å². The first-order valence-electron chi connectivity index (χ1n) is 5.79. The van der Waals surface area contributed by atoms with Crippen molar-refractivity contribution in [3.63, 3.8) is 0 Å². The van der Waals surface area contributed by atoms with Crippen LogP contribution < -0.4 is 10.6 Å². The van der Waals surface area contributed by atoms with Crippen LogP contribution in [0, 0.1) is 5.82 Å².